The first-order valence-electron chi connectivity index (χ1n) is 3.65. The molecule has 0 aliphatic rings. The molecule has 1 aromatic rings. The molecular formula is C7H11N5O. The number of hydrogen-bond acceptors (Lipinski definition) is 5. The van der Waals surface area contributed by atoms with E-state index >= 15 is 0 Å². The molecule has 13 heavy (non-hydrogen) atoms. The van der Waals surface area contributed by atoms with E-state index in [0.29, 0.717) is 5.82 Å². The Kier molecular flexibility index (Phi) is 2.76. The third-order valence-corrected chi connectivity index (χ3v) is 1.23. The molecule has 1 amide bonds. The van der Waals surface area contributed by atoms with E-state index in [0.717, 1.165) is 0 Å². The second kappa shape index (κ2) is 3.81. The van der Waals surface area contributed by atoms with Crippen molar-refractivity contribution >= 4 is 11.7 Å². The number of hydrazine groups is 1. The van der Waals surface area contributed by atoms with Crippen LogP contribution < -0.4 is 11.2 Å². The van der Waals surface area contributed by atoms with Gasteiger partial charge in [-0.3, -0.25) is 9.78 Å². The smallest absolute Gasteiger partial charge is 0.268 e. The fourth-order valence-corrected chi connectivity index (χ4v) is 0.768. The number of rotatable bonds is 3. The van der Waals surface area contributed by atoms with E-state index < -0.39 is 5.91 Å². The van der Waals surface area contributed by atoms with Gasteiger partial charge in [0.2, 0.25) is 0 Å². The first-order valence-corrected chi connectivity index (χ1v) is 3.65. The van der Waals surface area contributed by atoms with Gasteiger partial charge < -0.3 is 11.2 Å². The molecule has 0 radical (unpaired) electrons. The van der Waals surface area contributed by atoms with Gasteiger partial charge in [-0.05, 0) is 0 Å². The Balaban J connectivity index is 2.85. The molecular weight excluding hydrogens is 170 g/mol. The monoisotopic (exact) mass is 181 g/mol. The van der Waals surface area contributed by atoms with Gasteiger partial charge in [0, 0.05) is 14.1 Å². The molecule has 0 aliphatic heterocycles. The maximum Gasteiger partial charge on any atom is 0.268 e. The number of nitrogens with one attached hydrogen (secondary N) is 1. The van der Waals surface area contributed by atoms with Crippen LogP contribution in [0, 0.1) is 0 Å². The normalized spacial score (nSPS) is 10.1. The summed E-state index contributed by atoms with van der Waals surface area (Å²) in [6.45, 7) is 0. The quantitative estimate of drug-likeness (QED) is 0.612. The Labute approximate surface area is 75.7 Å². The molecule has 1 aromatic heterocycles. The minimum absolute atomic E-state index is 0.145. The molecule has 1 heterocycles. The molecule has 0 saturated heterocycles. The van der Waals surface area contributed by atoms with E-state index in [1.807, 2.05) is 0 Å². The standard InChI is InChI=1S/C7H11N5O/c1-12(2)11-6-4-9-3-5(10-6)7(8)13/h3-4H,1-2H3,(H2,8,13)(H,10,11). The number of anilines is 1. The highest BCUT2D eigenvalue weighted by atomic mass is 16.1. The highest BCUT2D eigenvalue weighted by Crippen LogP contribution is 2.01. The third kappa shape index (κ3) is 2.68. The topological polar surface area (TPSA) is 84.1 Å². The third-order valence-electron chi connectivity index (χ3n) is 1.23. The van der Waals surface area contributed by atoms with Crippen molar-refractivity contribution in [3.8, 4) is 0 Å². The van der Waals surface area contributed by atoms with Crippen molar-refractivity contribution in [2.45, 2.75) is 0 Å². The molecule has 0 unspecified atom stereocenters. The van der Waals surface area contributed by atoms with Gasteiger partial charge in [-0.1, -0.05) is 0 Å². The van der Waals surface area contributed by atoms with E-state index in [9.17, 15) is 4.79 Å². The van der Waals surface area contributed by atoms with Crippen molar-refractivity contribution in [1.29, 1.82) is 0 Å². The Morgan fingerprint density at radius 3 is 2.77 bits per heavy atom. The van der Waals surface area contributed by atoms with E-state index in [-0.39, 0.29) is 5.69 Å². The molecule has 70 valence electrons. The first kappa shape index (κ1) is 9.40. The number of carbonyl (C=O) groups is 1. The van der Waals surface area contributed by atoms with Crippen molar-refractivity contribution in [3.63, 3.8) is 0 Å². The van der Waals surface area contributed by atoms with Gasteiger partial charge in [-0.25, -0.2) is 9.99 Å². The lowest BCUT2D eigenvalue weighted by Crippen LogP contribution is -2.22. The lowest BCUT2D eigenvalue weighted by atomic mass is 10.4. The molecule has 1 rings (SSSR count). The second-order valence-corrected chi connectivity index (χ2v) is 2.66. The fourth-order valence-electron chi connectivity index (χ4n) is 0.768. The van der Waals surface area contributed by atoms with Crippen LogP contribution in [0.4, 0.5) is 5.82 Å². The summed E-state index contributed by atoms with van der Waals surface area (Å²) >= 11 is 0. The average molecular weight is 181 g/mol. The summed E-state index contributed by atoms with van der Waals surface area (Å²) in [6.07, 6.45) is 2.83. The van der Waals surface area contributed by atoms with Crippen molar-refractivity contribution < 1.29 is 4.79 Å². The summed E-state index contributed by atoms with van der Waals surface area (Å²) in [5.74, 6) is -0.101. The average Bonchev–Trinajstić information content (AvgIpc) is 2.03. The molecule has 3 N–H and O–H groups in total. The number of aromatic nitrogens is 2. The Hall–Kier alpha value is -1.69. The lowest BCUT2D eigenvalue weighted by Gasteiger charge is -2.11. The maximum absolute atomic E-state index is 10.7. The van der Waals surface area contributed by atoms with E-state index in [4.69, 9.17) is 5.73 Å². The molecule has 6 nitrogen and oxygen atoms in total. The van der Waals surface area contributed by atoms with Crippen LogP contribution in [0.15, 0.2) is 12.4 Å². The van der Waals surface area contributed by atoms with Gasteiger partial charge in [0.05, 0.1) is 12.4 Å². The Morgan fingerprint density at radius 2 is 2.23 bits per heavy atom. The van der Waals surface area contributed by atoms with Gasteiger partial charge in [0.25, 0.3) is 5.91 Å². The summed E-state index contributed by atoms with van der Waals surface area (Å²) in [5, 5.41) is 1.69. The molecule has 0 saturated carbocycles. The number of nitrogens with zero attached hydrogens (tertiary/aromatic N) is 3. The Bertz CT molecular complexity index is 312. The van der Waals surface area contributed by atoms with Crippen LogP contribution in [0.3, 0.4) is 0 Å². The van der Waals surface area contributed by atoms with Crippen molar-refractivity contribution in [3.05, 3.63) is 18.1 Å². The number of amides is 1. The minimum Gasteiger partial charge on any atom is -0.364 e. The van der Waals surface area contributed by atoms with Crippen LogP contribution >= 0.6 is 0 Å². The van der Waals surface area contributed by atoms with Crippen LogP contribution in [-0.2, 0) is 0 Å². The molecule has 0 bridgehead atoms. The van der Waals surface area contributed by atoms with Crippen LogP contribution in [0.25, 0.3) is 0 Å². The molecule has 0 spiro atoms. The zero-order valence-electron chi connectivity index (χ0n) is 7.48. The predicted octanol–water partition coefficient (Wildman–Crippen LogP) is -0.536. The van der Waals surface area contributed by atoms with Crippen LogP contribution in [0.2, 0.25) is 0 Å². The molecule has 6 heteroatoms. The van der Waals surface area contributed by atoms with E-state index in [1.54, 1.807) is 19.1 Å². The number of hydrogen-bond donors (Lipinski definition) is 2. The largest absolute Gasteiger partial charge is 0.364 e. The van der Waals surface area contributed by atoms with Crippen LogP contribution in [0.1, 0.15) is 10.5 Å². The van der Waals surface area contributed by atoms with Crippen molar-refractivity contribution in [2.75, 3.05) is 19.5 Å². The summed E-state index contributed by atoms with van der Waals surface area (Å²) < 4.78 is 0. The SMILES string of the molecule is CN(C)Nc1cncc(C(N)=O)n1. The first-order chi connectivity index (χ1) is 6.09. The minimum atomic E-state index is -0.588. The molecule has 0 fully saturated rings. The van der Waals surface area contributed by atoms with Crippen molar-refractivity contribution in [2.24, 2.45) is 5.73 Å². The molecule has 0 aromatic carbocycles. The van der Waals surface area contributed by atoms with Gasteiger partial charge >= 0.3 is 0 Å². The summed E-state index contributed by atoms with van der Waals surface area (Å²) in [4.78, 5) is 18.4. The number of primary amides is 1. The van der Waals surface area contributed by atoms with Gasteiger partial charge in [0.1, 0.15) is 5.69 Å². The maximum atomic E-state index is 10.7. The van der Waals surface area contributed by atoms with Crippen molar-refractivity contribution in [1.82, 2.24) is 15.0 Å². The predicted molar refractivity (Wildman–Crippen MR) is 47.9 cm³/mol. The summed E-state index contributed by atoms with van der Waals surface area (Å²) in [6, 6.07) is 0. The van der Waals surface area contributed by atoms with E-state index in [1.165, 1.54) is 12.4 Å². The summed E-state index contributed by atoms with van der Waals surface area (Å²) in [5.41, 5.74) is 8.03. The highest BCUT2D eigenvalue weighted by Gasteiger charge is 2.03. The second-order valence-electron chi connectivity index (χ2n) is 2.66. The zero-order chi connectivity index (χ0) is 9.84. The zero-order valence-corrected chi connectivity index (χ0v) is 7.48. The lowest BCUT2D eigenvalue weighted by molar-refractivity contribution is 0.0995. The fraction of sp³-hybridized carbons (Fsp3) is 0.286. The van der Waals surface area contributed by atoms with Gasteiger partial charge in [-0.2, -0.15) is 0 Å². The number of carbonyl (C=O) groups excluding carboxylic acids is 1. The summed E-state index contributed by atoms with van der Waals surface area (Å²) in [7, 11) is 3.61. The Morgan fingerprint density at radius 1 is 1.54 bits per heavy atom. The van der Waals surface area contributed by atoms with Gasteiger partial charge in [0.15, 0.2) is 5.82 Å². The molecule has 0 aliphatic carbocycles. The van der Waals surface area contributed by atoms with E-state index in [2.05, 4.69) is 15.4 Å². The van der Waals surface area contributed by atoms with Crippen LogP contribution in [0.5, 0.6) is 0 Å². The highest BCUT2D eigenvalue weighted by molar-refractivity contribution is 5.90. The van der Waals surface area contributed by atoms with Gasteiger partial charge in [-0.15, -0.1) is 0 Å². The molecule has 0 atom stereocenters. The van der Waals surface area contributed by atoms with Crippen LogP contribution in [-0.4, -0.2) is 35.0 Å². The number of nitrogens with two attached hydrogens (primary N) is 1.